The second kappa shape index (κ2) is 5.51. The standard InChI is InChI=1S/C13H14BrN3O3/c1-7-4-8-11(9(14)5-7)16-17-12(8)15-13(18)10-6-19-2-3-20-10/h4-5,10H,2-3,6H2,1H3,(H2,15,16,17,18)/t10-/m0/s1. The molecule has 106 valence electrons. The van der Waals surface area contributed by atoms with Gasteiger partial charge in [-0.25, -0.2) is 0 Å². The first kappa shape index (κ1) is 13.5. The Hall–Kier alpha value is -1.44. The van der Waals surface area contributed by atoms with Gasteiger partial charge >= 0.3 is 0 Å². The second-order valence-corrected chi connectivity index (χ2v) is 5.52. The van der Waals surface area contributed by atoms with Gasteiger partial charge in [-0.15, -0.1) is 0 Å². The summed E-state index contributed by atoms with van der Waals surface area (Å²) in [6.07, 6.45) is -0.580. The lowest BCUT2D eigenvalue weighted by molar-refractivity contribution is -0.142. The Morgan fingerprint density at radius 1 is 1.50 bits per heavy atom. The number of carbonyl (C=O) groups is 1. The van der Waals surface area contributed by atoms with Crippen LogP contribution in [0.25, 0.3) is 10.9 Å². The zero-order valence-corrected chi connectivity index (χ0v) is 12.5. The van der Waals surface area contributed by atoms with Crippen LogP contribution in [-0.2, 0) is 14.3 Å². The number of anilines is 1. The van der Waals surface area contributed by atoms with E-state index in [-0.39, 0.29) is 12.5 Å². The second-order valence-electron chi connectivity index (χ2n) is 4.67. The summed E-state index contributed by atoms with van der Waals surface area (Å²) >= 11 is 3.48. The fourth-order valence-electron chi connectivity index (χ4n) is 2.15. The van der Waals surface area contributed by atoms with Crippen LogP contribution in [0.4, 0.5) is 5.82 Å². The van der Waals surface area contributed by atoms with Gasteiger partial charge in [0.1, 0.15) is 0 Å². The maximum absolute atomic E-state index is 12.1. The number of benzene rings is 1. The van der Waals surface area contributed by atoms with Crippen LogP contribution in [0, 0.1) is 6.92 Å². The van der Waals surface area contributed by atoms with Crippen LogP contribution in [0.5, 0.6) is 0 Å². The number of ether oxygens (including phenoxy) is 2. The fourth-order valence-corrected chi connectivity index (χ4v) is 2.81. The topological polar surface area (TPSA) is 76.2 Å². The van der Waals surface area contributed by atoms with E-state index in [1.165, 1.54) is 0 Å². The van der Waals surface area contributed by atoms with E-state index in [2.05, 4.69) is 31.4 Å². The number of H-pyrrole nitrogens is 1. The Kier molecular flexibility index (Phi) is 3.73. The summed E-state index contributed by atoms with van der Waals surface area (Å²) in [5.41, 5.74) is 1.94. The van der Waals surface area contributed by atoms with Gasteiger partial charge in [-0.2, -0.15) is 5.10 Å². The number of fused-ring (bicyclic) bond motifs is 1. The van der Waals surface area contributed by atoms with Crippen molar-refractivity contribution in [2.75, 3.05) is 25.1 Å². The third-order valence-electron chi connectivity index (χ3n) is 3.12. The van der Waals surface area contributed by atoms with E-state index in [0.29, 0.717) is 19.0 Å². The predicted octanol–water partition coefficient (Wildman–Crippen LogP) is 1.99. The van der Waals surface area contributed by atoms with E-state index >= 15 is 0 Å². The minimum Gasteiger partial charge on any atom is -0.376 e. The van der Waals surface area contributed by atoms with Gasteiger partial charge in [0.25, 0.3) is 5.91 Å². The minimum atomic E-state index is -0.580. The molecule has 0 aliphatic carbocycles. The number of nitrogens with one attached hydrogen (secondary N) is 2. The summed E-state index contributed by atoms with van der Waals surface area (Å²) in [5, 5.41) is 10.7. The van der Waals surface area contributed by atoms with E-state index in [4.69, 9.17) is 9.47 Å². The van der Waals surface area contributed by atoms with E-state index in [1.807, 2.05) is 19.1 Å². The zero-order valence-electron chi connectivity index (χ0n) is 10.9. The molecule has 0 saturated carbocycles. The van der Waals surface area contributed by atoms with Crippen LogP contribution < -0.4 is 5.32 Å². The number of aryl methyl sites for hydroxylation is 1. The molecule has 2 heterocycles. The zero-order chi connectivity index (χ0) is 14.1. The molecule has 1 amide bonds. The molecule has 6 nitrogen and oxygen atoms in total. The van der Waals surface area contributed by atoms with Crippen LogP contribution in [0.15, 0.2) is 16.6 Å². The van der Waals surface area contributed by atoms with Crippen LogP contribution in [0.3, 0.4) is 0 Å². The number of aromatic nitrogens is 2. The Morgan fingerprint density at radius 2 is 2.35 bits per heavy atom. The number of halogens is 1. The molecule has 1 atom stereocenters. The summed E-state index contributed by atoms with van der Waals surface area (Å²) in [6.45, 7) is 3.23. The van der Waals surface area contributed by atoms with Crippen molar-refractivity contribution in [1.29, 1.82) is 0 Å². The van der Waals surface area contributed by atoms with Gasteiger partial charge < -0.3 is 14.8 Å². The molecule has 20 heavy (non-hydrogen) atoms. The van der Waals surface area contributed by atoms with Crippen molar-refractivity contribution in [3.05, 3.63) is 22.2 Å². The highest BCUT2D eigenvalue weighted by Crippen LogP contribution is 2.28. The van der Waals surface area contributed by atoms with Gasteiger partial charge in [0.05, 0.1) is 25.3 Å². The molecule has 1 fully saturated rings. The summed E-state index contributed by atoms with van der Waals surface area (Å²) in [6, 6.07) is 3.96. The van der Waals surface area contributed by atoms with Crippen LogP contribution >= 0.6 is 15.9 Å². The summed E-state index contributed by atoms with van der Waals surface area (Å²) < 4.78 is 11.5. The number of hydrogen-bond acceptors (Lipinski definition) is 4. The van der Waals surface area contributed by atoms with Crippen molar-refractivity contribution in [2.45, 2.75) is 13.0 Å². The van der Waals surface area contributed by atoms with Crippen molar-refractivity contribution in [3.63, 3.8) is 0 Å². The van der Waals surface area contributed by atoms with E-state index in [9.17, 15) is 4.79 Å². The van der Waals surface area contributed by atoms with Gasteiger partial charge in [0.2, 0.25) is 0 Å². The fraction of sp³-hybridized carbons (Fsp3) is 0.385. The molecule has 1 aromatic carbocycles. The van der Waals surface area contributed by atoms with Crippen molar-refractivity contribution < 1.29 is 14.3 Å². The maximum atomic E-state index is 12.1. The normalized spacial score (nSPS) is 19.2. The number of aromatic amines is 1. The van der Waals surface area contributed by atoms with E-state index in [0.717, 1.165) is 20.9 Å². The lowest BCUT2D eigenvalue weighted by atomic mass is 10.2. The molecule has 7 heteroatoms. The summed E-state index contributed by atoms with van der Waals surface area (Å²) in [7, 11) is 0. The maximum Gasteiger partial charge on any atom is 0.257 e. The Bertz CT molecular complexity index is 650. The minimum absolute atomic E-state index is 0.240. The molecule has 0 radical (unpaired) electrons. The quantitative estimate of drug-likeness (QED) is 0.877. The van der Waals surface area contributed by atoms with Crippen molar-refractivity contribution in [3.8, 4) is 0 Å². The van der Waals surface area contributed by atoms with Gasteiger partial charge in [0, 0.05) is 9.86 Å². The lowest BCUT2D eigenvalue weighted by Gasteiger charge is -2.21. The SMILES string of the molecule is Cc1cc(Br)c2[nH]nc(NC(=O)[C@@H]3COCCO3)c2c1. The third-order valence-corrected chi connectivity index (χ3v) is 3.74. The highest BCUT2D eigenvalue weighted by atomic mass is 79.9. The van der Waals surface area contributed by atoms with Crippen LogP contribution in [0.1, 0.15) is 5.56 Å². The summed E-state index contributed by atoms with van der Waals surface area (Å²) in [5.74, 6) is 0.263. The van der Waals surface area contributed by atoms with Crippen molar-refractivity contribution in [2.24, 2.45) is 0 Å². The molecule has 1 saturated heterocycles. The molecule has 0 unspecified atom stereocenters. The molecular formula is C13H14BrN3O3. The highest BCUT2D eigenvalue weighted by Gasteiger charge is 2.24. The molecular weight excluding hydrogens is 326 g/mol. The molecule has 1 aromatic heterocycles. The number of rotatable bonds is 2. The highest BCUT2D eigenvalue weighted by molar-refractivity contribution is 9.10. The molecule has 2 N–H and O–H groups in total. The molecule has 3 rings (SSSR count). The molecule has 1 aliphatic heterocycles. The Labute approximate surface area is 124 Å². The van der Waals surface area contributed by atoms with E-state index in [1.54, 1.807) is 0 Å². The first-order valence-corrected chi connectivity index (χ1v) is 7.09. The van der Waals surface area contributed by atoms with Crippen LogP contribution in [-0.4, -0.2) is 42.0 Å². The molecule has 2 aromatic rings. The number of carbonyl (C=O) groups excluding carboxylic acids is 1. The van der Waals surface area contributed by atoms with Gasteiger partial charge in [-0.05, 0) is 40.5 Å². The largest absolute Gasteiger partial charge is 0.376 e. The first-order valence-electron chi connectivity index (χ1n) is 6.29. The molecule has 0 spiro atoms. The number of amides is 1. The molecule has 1 aliphatic rings. The average Bonchev–Trinajstić information content (AvgIpc) is 2.83. The lowest BCUT2D eigenvalue weighted by Crippen LogP contribution is -2.39. The number of nitrogens with zero attached hydrogens (tertiary/aromatic N) is 1. The summed E-state index contributed by atoms with van der Waals surface area (Å²) in [4.78, 5) is 12.1. The third kappa shape index (κ3) is 2.56. The smallest absolute Gasteiger partial charge is 0.257 e. The predicted molar refractivity (Wildman–Crippen MR) is 77.7 cm³/mol. The van der Waals surface area contributed by atoms with Crippen LogP contribution in [0.2, 0.25) is 0 Å². The Morgan fingerprint density at radius 3 is 3.10 bits per heavy atom. The monoisotopic (exact) mass is 339 g/mol. The van der Waals surface area contributed by atoms with Crippen molar-refractivity contribution >= 4 is 38.6 Å². The van der Waals surface area contributed by atoms with Crippen molar-refractivity contribution in [1.82, 2.24) is 10.2 Å². The average molecular weight is 340 g/mol. The van der Waals surface area contributed by atoms with Gasteiger partial charge in [-0.1, -0.05) is 0 Å². The molecule has 0 bridgehead atoms. The first-order chi connectivity index (χ1) is 9.65. The van der Waals surface area contributed by atoms with Gasteiger partial charge in [0.15, 0.2) is 11.9 Å². The Balaban J connectivity index is 1.85. The van der Waals surface area contributed by atoms with Gasteiger partial charge in [-0.3, -0.25) is 9.89 Å². The van der Waals surface area contributed by atoms with E-state index < -0.39 is 6.10 Å². The number of hydrogen-bond donors (Lipinski definition) is 2.